The Morgan fingerprint density at radius 2 is 2.00 bits per heavy atom. The molecule has 20 heavy (non-hydrogen) atoms. The lowest BCUT2D eigenvalue weighted by Gasteiger charge is -2.17. The Morgan fingerprint density at radius 3 is 2.55 bits per heavy atom. The van der Waals surface area contributed by atoms with Crippen LogP contribution < -0.4 is 0 Å². The van der Waals surface area contributed by atoms with Crippen molar-refractivity contribution in [3.8, 4) is 0 Å². The summed E-state index contributed by atoms with van der Waals surface area (Å²) in [6.07, 6.45) is 0.261. The van der Waals surface area contributed by atoms with E-state index in [9.17, 15) is 9.59 Å². The fraction of sp³-hybridized carbons (Fsp3) is 0.500. The molecule has 0 spiro atoms. The molecular formula is C16H21NO3. The van der Waals surface area contributed by atoms with Crippen LogP contribution in [0.4, 0.5) is 0 Å². The number of methoxy groups -OCH3 is 1. The average Bonchev–Trinajstić information content (AvgIpc) is 2.80. The van der Waals surface area contributed by atoms with Crippen molar-refractivity contribution in [2.24, 2.45) is 5.92 Å². The van der Waals surface area contributed by atoms with Crippen molar-refractivity contribution in [1.82, 2.24) is 4.90 Å². The standard InChI is InChI=1S/C16H21NO3/c1-11(2)13-6-4-12(5-7-13)9-17-10-14(8-15(17)18)16(19)20-3/h4-7,11,14H,8-10H2,1-3H3. The second-order valence-corrected chi connectivity index (χ2v) is 5.59. The van der Waals surface area contributed by atoms with Crippen molar-refractivity contribution in [1.29, 1.82) is 0 Å². The highest BCUT2D eigenvalue weighted by Gasteiger charge is 2.34. The van der Waals surface area contributed by atoms with Gasteiger partial charge in [0, 0.05) is 19.5 Å². The van der Waals surface area contributed by atoms with Crippen LogP contribution in [0.15, 0.2) is 24.3 Å². The molecule has 108 valence electrons. The lowest BCUT2D eigenvalue weighted by atomic mass is 10.0. The molecule has 1 aromatic rings. The molecule has 1 fully saturated rings. The number of rotatable bonds is 4. The smallest absolute Gasteiger partial charge is 0.310 e. The van der Waals surface area contributed by atoms with Crippen molar-refractivity contribution in [3.05, 3.63) is 35.4 Å². The summed E-state index contributed by atoms with van der Waals surface area (Å²) in [5.74, 6) is -0.0899. The summed E-state index contributed by atoms with van der Waals surface area (Å²) in [4.78, 5) is 25.1. The van der Waals surface area contributed by atoms with Crippen molar-refractivity contribution < 1.29 is 14.3 Å². The maximum Gasteiger partial charge on any atom is 0.310 e. The second-order valence-electron chi connectivity index (χ2n) is 5.59. The molecule has 0 aromatic heterocycles. The molecule has 1 saturated heterocycles. The van der Waals surface area contributed by atoms with Gasteiger partial charge in [-0.05, 0) is 17.0 Å². The summed E-state index contributed by atoms with van der Waals surface area (Å²) < 4.78 is 4.71. The van der Waals surface area contributed by atoms with Crippen LogP contribution >= 0.6 is 0 Å². The summed E-state index contributed by atoms with van der Waals surface area (Å²) >= 11 is 0. The zero-order chi connectivity index (χ0) is 14.7. The molecule has 2 rings (SSSR count). The van der Waals surface area contributed by atoms with E-state index in [4.69, 9.17) is 4.74 Å². The molecule has 0 radical (unpaired) electrons. The van der Waals surface area contributed by atoms with Crippen LogP contribution in [0.3, 0.4) is 0 Å². The summed E-state index contributed by atoms with van der Waals surface area (Å²) in [6.45, 7) is 5.32. The Balaban J connectivity index is 2.00. The van der Waals surface area contributed by atoms with E-state index < -0.39 is 0 Å². The number of likely N-dealkylation sites (tertiary alicyclic amines) is 1. The highest BCUT2D eigenvalue weighted by Crippen LogP contribution is 2.22. The van der Waals surface area contributed by atoms with Crippen molar-refractivity contribution in [2.75, 3.05) is 13.7 Å². The Hall–Kier alpha value is -1.84. The van der Waals surface area contributed by atoms with E-state index in [0.29, 0.717) is 19.0 Å². The van der Waals surface area contributed by atoms with Crippen LogP contribution in [0, 0.1) is 5.92 Å². The van der Waals surface area contributed by atoms with Gasteiger partial charge in [0.1, 0.15) is 0 Å². The van der Waals surface area contributed by atoms with Crippen molar-refractivity contribution in [2.45, 2.75) is 32.7 Å². The highest BCUT2D eigenvalue weighted by atomic mass is 16.5. The van der Waals surface area contributed by atoms with Gasteiger partial charge in [-0.25, -0.2) is 0 Å². The highest BCUT2D eigenvalue weighted by molar-refractivity contribution is 5.86. The van der Waals surface area contributed by atoms with Gasteiger partial charge in [-0.3, -0.25) is 9.59 Å². The number of carbonyl (C=O) groups is 2. The molecule has 0 N–H and O–H groups in total. The largest absolute Gasteiger partial charge is 0.469 e. The number of esters is 1. The van der Waals surface area contributed by atoms with Crippen molar-refractivity contribution >= 4 is 11.9 Å². The fourth-order valence-electron chi connectivity index (χ4n) is 2.48. The topological polar surface area (TPSA) is 46.6 Å². The predicted octanol–water partition coefficient (Wildman–Crippen LogP) is 2.33. The number of amides is 1. The minimum Gasteiger partial charge on any atom is -0.469 e. The summed E-state index contributed by atoms with van der Waals surface area (Å²) in [5, 5.41) is 0. The minimum atomic E-state index is -0.317. The van der Waals surface area contributed by atoms with Crippen LogP contribution in [-0.2, 0) is 20.9 Å². The Labute approximate surface area is 119 Å². The molecule has 0 aliphatic carbocycles. The maximum absolute atomic E-state index is 11.9. The van der Waals surface area contributed by atoms with Gasteiger partial charge in [0.05, 0.1) is 13.0 Å². The zero-order valence-electron chi connectivity index (χ0n) is 12.3. The molecule has 1 aromatic carbocycles. The van der Waals surface area contributed by atoms with Gasteiger partial charge in [-0.15, -0.1) is 0 Å². The Kier molecular flexibility index (Phi) is 4.42. The van der Waals surface area contributed by atoms with Gasteiger partial charge in [0.25, 0.3) is 0 Å². The summed E-state index contributed by atoms with van der Waals surface area (Å²) in [7, 11) is 1.36. The van der Waals surface area contributed by atoms with Crippen LogP contribution in [0.1, 0.15) is 37.3 Å². The number of hydrogen-bond acceptors (Lipinski definition) is 3. The van der Waals surface area contributed by atoms with E-state index in [1.807, 2.05) is 12.1 Å². The third-order valence-electron chi connectivity index (χ3n) is 3.77. The first-order chi connectivity index (χ1) is 9.51. The molecule has 4 heteroatoms. The molecule has 0 saturated carbocycles. The van der Waals surface area contributed by atoms with Crippen LogP contribution in [0.2, 0.25) is 0 Å². The Bertz CT molecular complexity index is 493. The second kappa shape index (κ2) is 6.07. The number of benzene rings is 1. The zero-order valence-corrected chi connectivity index (χ0v) is 12.3. The van der Waals surface area contributed by atoms with Crippen molar-refractivity contribution in [3.63, 3.8) is 0 Å². The lowest BCUT2D eigenvalue weighted by molar-refractivity contribution is -0.145. The van der Waals surface area contributed by atoms with E-state index in [2.05, 4.69) is 26.0 Å². The SMILES string of the molecule is COC(=O)C1CC(=O)N(Cc2ccc(C(C)C)cc2)C1. The van der Waals surface area contributed by atoms with Gasteiger partial charge < -0.3 is 9.64 Å². The molecule has 4 nitrogen and oxygen atoms in total. The van der Waals surface area contributed by atoms with Crippen LogP contribution in [0.5, 0.6) is 0 Å². The lowest BCUT2D eigenvalue weighted by Crippen LogP contribution is -2.26. The van der Waals surface area contributed by atoms with Gasteiger partial charge in [0.15, 0.2) is 0 Å². The fourth-order valence-corrected chi connectivity index (χ4v) is 2.48. The Morgan fingerprint density at radius 1 is 1.35 bits per heavy atom. The molecule has 1 aliphatic rings. The van der Waals surface area contributed by atoms with E-state index in [0.717, 1.165) is 5.56 Å². The van der Waals surface area contributed by atoms with E-state index in [-0.39, 0.29) is 24.2 Å². The first kappa shape index (κ1) is 14.6. The third kappa shape index (κ3) is 3.18. The van der Waals surface area contributed by atoms with E-state index in [1.54, 1.807) is 4.90 Å². The normalized spacial score (nSPS) is 18.7. The molecule has 1 unspecified atom stereocenters. The van der Waals surface area contributed by atoms with E-state index >= 15 is 0 Å². The summed E-state index contributed by atoms with van der Waals surface area (Å²) in [5.41, 5.74) is 2.38. The molecule has 1 aliphatic heterocycles. The van der Waals surface area contributed by atoms with Gasteiger partial charge in [-0.1, -0.05) is 38.1 Å². The van der Waals surface area contributed by atoms with Gasteiger partial charge >= 0.3 is 5.97 Å². The molecule has 1 atom stereocenters. The molecular weight excluding hydrogens is 254 g/mol. The quantitative estimate of drug-likeness (QED) is 0.792. The molecule has 0 bridgehead atoms. The maximum atomic E-state index is 11.9. The van der Waals surface area contributed by atoms with E-state index in [1.165, 1.54) is 12.7 Å². The number of nitrogens with zero attached hydrogens (tertiary/aromatic N) is 1. The average molecular weight is 275 g/mol. The summed E-state index contributed by atoms with van der Waals surface area (Å²) in [6, 6.07) is 8.29. The number of ether oxygens (including phenoxy) is 1. The number of carbonyl (C=O) groups excluding carboxylic acids is 2. The third-order valence-corrected chi connectivity index (χ3v) is 3.77. The predicted molar refractivity (Wildman–Crippen MR) is 76.1 cm³/mol. The number of hydrogen-bond donors (Lipinski definition) is 0. The molecule has 1 heterocycles. The van der Waals surface area contributed by atoms with Gasteiger partial charge in [-0.2, -0.15) is 0 Å². The minimum absolute atomic E-state index is 0.0216. The first-order valence-corrected chi connectivity index (χ1v) is 6.95. The van der Waals surface area contributed by atoms with Crippen LogP contribution in [0.25, 0.3) is 0 Å². The molecule has 1 amide bonds. The monoisotopic (exact) mass is 275 g/mol. The first-order valence-electron chi connectivity index (χ1n) is 6.95. The van der Waals surface area contributed by atoms with Crippen LogP contribution in [-0.4, -0.2) is 30.4 Å². The van der Waals surface area contributed by atoms with Gasteiger partial charge in [0.2, 0.25) is 5.91 Å².